The highest BCUT2D eigenvalue weighted by atomic mass is 16.2. The molecule has 0 aromatic carbocycles. The number of pyridine rings is 1. The van der Waals surface area contributed by atoms with Crippen LogP contribution >= 0.6 is 0 Å². The summed E-state index contributed by atoms with van der Waals surface area (Å²) in [6.45, 7) is 4.89. The van der Waals surface area contributed by atoms with Crippen LogP contribution in [-0.4, -0.2) is 42.0 Å². The number of piperazine rings is 1. The molecule has 0 unspecified atom stereocenters. The SMILES string of the molecule is CCc1c[nH]c(=O)c(C(=O)N2CCNCC2)c1. The standard InChI is InChI=1S/C12H17N3O2/c1-2-9-7-10(11(16)14-8-9)12(17)15-5-3-13-4-6-15/h7-8,13H,2-6H2,1H3,(H,14,16). The van der Waals surface area contributed by atoms with Gasteiger partial charge in [-0.15, -0.1) is 0 Å². The molecule has 0 radical (unpaired) electrons. The highest BCUT2D eigenvalue weighted by molar-refractivity contribution is 5.94. The van der Waals surface area contributed by atoms with Crippen molar-refractivity contribution in [1.29, 1.82) is 0 Å². The van der Waals surface area contributed by atoms with E-state index < -0.39 is 0 Å². The number of hydrogen-bond acceptors (Lipinski definition) is 3. The molecule has 5 heteroatoms. The van der Waals surface area contributed by atoms with Crippen LogP contribution in [0.2, 0.25) is 0 Å². The van der Waals surface area contributed by atoms with Gasteiger partial charge in [-0.1, -0.05) is 6.92 Å². The number of nitrogens with zero attached hydrogens (tertiary/aromatic N) is 1. The maximum absolute atomic E-state index is 12.2. The maximum Gasteiger partial charge on any atom is 0.260 e. The van der Waals surface area contributed by atoms with Gasteiger partial charge in [0, 0.05) is 32.4 Å². The largest absolute Gasteiger partial charge is 0.336 e. The van der Waals surface area contributed by atoms with Gasteiger partial charge in [0.25, 0.3) is 11.5 Å². The molecule has 1 amide bonds. The topological polar surface area (TPSA) is 65.2 Å². The quantitative estimate of drug-likeness (QED) is 0.757. The first kappa shape index (κ1) is 11.9. The number of amides is 1. The van der Waals surface area contributed by atoms with Crippen molar-refractivity contribution in [3.8, 4) is 0 Å². The zero-order chi connectivity index (χ0) is 12.3. The van der Waals surface area contributed by atoms with E-state index in [2.05, 4.69) is 10.3 Å². The zero-order valence-corrected chi connectivity index (χ0v) is 9.95. The van der Waals surface area contributed by atoms with E-state index in [4.69, 9.17) is 0 Å². The minimum Gasteiger partial charge on any atom is -0.336 e. The van der Waals surface area contributed by atoms with Gasteiger partial charge >= 0.3 is 0 Å². The van der Waals surface area contributed by atoms with Crippen LogP contribution in [0.25, 0.3) is 0 Å². The third-order valence-corrected chi connectivity index (χ3v) is 3.01. The molecule has 0 bridgehead atoms. The molecule has 0 spiro atoms. The Morgan fingerprint density at radius 1 is 1.41 bits per heavy atom. The number of rotatable bonds is 2. The molecule has 92 valence electrons. The lowest BCUT2D eigenvalue weighted by atomic mass is 10.1. The molecule has 2 heterocycles. The average Bonchev–Trinajstić information content (AvgIpc) is 2.39. The zero-order valence-electron chi connectivity index (χ0n) is 9.95. The van der Waals surface area contributed by atoms with Crippen LogP contribution in [0.4, 0.5) is 0 Å². The normalized spacial score (nSPS) is 15.9. The fourth-order valence-electron chi connectivity index (χ4n) is 1.93. The van der Waals surface area contributed by atoms with Gasteiger partial charge in [-0.25, -0.2) is 0 Å². The van der Waals surface area contributed by atoms with E-state index in [-0.39, 0.29) is 17.0 Å². The Labute approximate surface area is 99.8 Å². The molecule has 0 saturated carbocycles. The molecular formula is C12H17N3O2. The average molecular weight is 235 g/mol. The van der Waals surface area contributed by atoms with Crippen molar-refractivity contribution in [2.24, 2.45) is 0 Å². The van der Waals surface area contributed by atoms with Crippen molar-refractivity contribution < 1.29 is 4.79 Å². The second kappa shape index (κ2) is 5.14. The van der Waals surface area contributed by atoms with Crippen molar-refractivity contribution in [3.63, 3.8) is 0 Å². The van der Waals surface area contributed by atoms with Crippen molar-refractivity contribution in [3.05, 3.63) is 33.7 Å². The molecule has 5 nitrogen and oxygen atoms in total. The van der Waals surface area contributed by atoms with Crippen LogP contribution in [0, 0.1) is 0 Å². The predicted octanol–water partition coefficient (Wildman–Crippen LogP) is -0.0173. The number of aryl methyl sites for hydroxylation is 1. The van der Waals surface area contributed by atoms with Crippen LogP contribution in [0.3, 0.4) is 0 Å². The molecule has 2 rings (SSSR count). The lowest BCUT2D eigenvalue weighted by Crippen LogP contribution is -2.47. The molecule has 17 heavy (non-hydrogen) atoms. The first-order valence-electron chi connectivity index (χ1n) is 5.94. The minimum atomic E-state index is -0.300. The van der Waals surface area contributed by atoms with Crippen LogP contribution in [0.15, 0.2) is 17.1 Å². The van der Waals surface area contributed by atoms with E-state index in [0.29, 0.717) is 13.1 Å². The number of carbonyl (C=O) groups is 1. The van der Waals surface area contributed by atoms with E-state index in [1.807, 2.05) is 6.92 Å². The molecule has 2 N–H and O–H groups in total. The Kier molecular flexibility index (Phi) is 3.58. The molecule has 1 saturated heterocycles. The fraction of sp³-hybridized carbons (Fsp3) is 0.500. The Bertz CT molecular complexity index is 461. The summed E-state index contributed by atoms with van der Waals surface area (Å²) in [4.78, 5) is 28.2. The number of aromatic amines is 1. The molecular weight excluding hydrogens is 218 g/mol. The van der Waals surface area contributed by atoms with E-state index in [1.54, 1.807) is 17.2 Å². The van der Waals surface area contributed by atoms with Crippen LogP contribution in [0.1, 0.15) is 22.8 Å². The molecule has 1 aliphatic heterocycles. The number of aromatic nitrogens is 1. The Morgan fingerprint density at radius 3 is 2.76 bits per heavy atom. The molecule has 1 aromatic heterocycles. The fourth-order valence-corrected chi connectivity index (χ4v) is 1.93. The second-order valence-electron chi connectivity index (χ2n) is 4.15. The first-order valence-corrected chi connectivity index (χ1v) is 5.94. The Morgan fingerprint density at radius 2 is 2.12 bits per heavy atom. The van der Waals surface area contributed by atoms with Gasteiger partial charge < -0.3 is 15.2 Å². The number of carbonyl (C=O) groups excluding carboxylic acids is 1. The molecule has 1 fully saturated rings. The number of H-pyrrole nitrogens is 1. The summed E-state index contributed by atoms with van der Waals surface area (Å²) in [6.07, 6.45) is 2.47. The minimum absolute atomic E-state index is 0.164. The van der Waals surface area contributed by atoms with Gasteiger partial charge in [-0.3, -0.25) is 9.59 Å². The number of nitrogens with one attached hydrogen (secondary N) is 2. The monoisotopic (exact) mass is 235 g/mol. The second-order valence-corrected chi connectivity index (χ2v) is 4.15. The van der Waals surface area contributed by atoms with E-state index in [9.17, 15) is 9.59 Å². The van der Waals surface area contributed by atoms with Gasteiger partial charge in [0.2, 0.25) is 0 Å². The highest BCUT2D eigenvalue weighted by Crippen LogP contribution is 2.04. The summed E-state index contributed by atoms with van der Waals surface area (Å²) in [5, 5.41) is 3.18. The van der Waals surface area contributed by atoms with Crippen molar-refractivity contribution in [2.75, 3.05) is 26.2 Å². The summed E-state index contributed by atoms with van der Waals surface area (Å²) < 4.78 is 0. The molecule has 1 aliphatic rings. The Hall–Kier alpha value is -1.62. The maximum atomic E-state index is 12.2. The summed E-state index contributed by atoms with van der Waals surface area (Å²) in [5.41, 5.74) is 0.931. The van der Waals surface area contributed by atoms with Crippen LogP contribution in [-0.2, 0) is 6.42 Å². The van der Waals surface area contributed by atoms with Crippen molar-refractivity contribution in [2.45, 2.75) is 13.3 Å². The van der Waals surface area contributed by atoms with E-state index in [0.717, 1.165) is 25.1 Å². The van der Waals surface area contributed by atoms with E-state index >= 15 is 0 Å². The first-order chi connectivity index (χ1) is 8.22. The van der Waals surface area contributed by atoms with Gasteiger partial charge in [0.1, 0.15) is 5.56 Å². The van der Waals surface area contributed by atoms with Crippen LogP contribution < -0.4 is 10.9 Å². The van der Waals surface area contributed by atoms with Gasteiger partial charge in [-0.05, 0) is 18.1 Å². The highest BCUT2D eigenvalue weighted by Gasteiger charge is 2.20. The molecule has 0 aliphatic carbocycles. The van der Waals surface area contributed by atoms with E-state index in [1.165, 1.54) is 0 Å². The molecule has 0 atom stereocenters. The number of hydrogen-bond donors (Lipinski definition) is 2. The summed E-state index contributed by atoms with van der Waals surface area (Å²) >= 11 is 0. The van der Waals surface area contributed by atoms with Gasteiger partial charge in [0.15, 0.2) is 0 Å². The lowest BCUT2D eigenvalue weighted by Gasteiger charge is -2.27. The predicted molar refractivity (Wildman–Crippen MR) is 65.2 cm³/mol. The van der Waals surface area contributed by atoms with Crippen molar-refractivity contribution in [1.82, 2.24) is 15.2 Å². The van der Waals surface area contributed by atoms with Crippen molar-refractivity contribution >= 4 is 5.91 Å². The van der Waals surface area contributed by atoms with Crippen LogP contribution in [0.5, 0.6) is 0 Å². The third kappa shape index (κ3) is 2.55. The lowest BCUT2D eigenvalue weighted by molar-refractivity contribution is 0.0734. The summed E-state index contributed by atoms with van der Waals surface area (Å²) in [7, 11) is 0. The smallest absolute Gasteiger partial charge is 0.260 e. The van der Waals surface area contributed by atoms with Gasteiger partial charge in [-0.2, -0.15) is 0 Å². The molecule has 1 aromatic rings. The third-order valence-electron chi connectivity index (χ3n) is 3.01. The summed E-state index contributed by atoms with van der Waals surface area (Å²) in [5.74, 6) is -0.164. The summed E-state index contributed by atoms with van der Waals surface area (Å²) in [6, 6.07) is 1.70. The Balaban J connectivity index is 2.25. The van der Waals surface area contributed by atoms with Gasteiger partial charge in [0.05, 0.1) is 0 Å².